The summed E-state index contributed by atoms with van der Waals surface area (Å²) < 4.78 is 0. The van der Waals surface area contributed by atoms with Crippen LogP contribution in [0.2, 0.25) is 0 Å². The van der Waals surface area contributed by atoms with Crippen LogP contribution in [0.3, 0.4) is 0 Å². The fraction of sp³-hybridized carbons (Fsp3) is 0.571. The van der Waals surface area contributed by atoms with E-state index in [0.717, 1.165) is 5.92 Å². The summed E-state index contributed by atoms with van der Waals surface area (Å²) in [4.78, 5) is 0. The first-order valence-electron chi connectivity index (χ1n) is 5.81. The second-order valence-electron chi connectivity index (χ2n) is 3.08. The van der Waals surface area contributed by atoms with Crippen molar-refractivity contribution in [3.63, 3.8) is 0 Å². The number of hydrogen-bond acceptors (Lipinski definition) is 0. The van der Waals surface area contributed by atoms with Gasteiger partial charge >= 0.3 is 0 Å². The summed E-state index contributed by atoms with van der Waals surface area (Å²) in [5, 5.41) is 0. The van der Waals surface area contributed by atoms with E-state index in [1.165, 1.54) is 12.8 Å². The van der Waals surface area contributed by atoms with Gasteiger partial charge in [-0.15, -0.1) is 0 Å². The van der Waals surface area contributed by atoms with Gasteiger partial charge in [0.05, 0.1) is 0 Å². The van der Waals surface area contributed by atoms with Gasteiger partial charge in [-0.05, 0) is 5.92 Å². The summed E-state index contributed by atoms with van der Waals surface area (Å²) in [5.41, 5.74) is 0. The summed E-state index contributed by atoms with van der Waals surface area (Å²) in [7, 11) is 0. The summed E-state index contributed by atoms with van der Waals surface area (Å²) in [6.45, 7) is 10.7. The molecule has 0 heteroatoms. The third-order valence-electron chi connectivity index (χ3n) is 2.06. The van der Waals surface area contributed by atoms with Crippen LogP contribution in [0.15, 0.2) is 36.4 Å². The van der Waals surface area contributed by atoms with Crippen LogP contribution < -0.4 is 0 Å². The fourth-order valence-corrected chi connectivity index (χ4v) is 0.674. The van der Waals surface area contributed by atoms with E-state index in [2.05, 4.69) is 20.8 Å². The van der Waals surface area contributed by atoms with E-state index in [1.54, 1.807) is 0 Å². The van der Waals surface area contributed by atoms with Crippen molar-refractivity contribution in [1.82, 2.24) is 0 Å². The van der Waals surface area contributed by atoms with Crippen LogP contribution >= 0.6 is 0 Å². The Balaban J connectivity index is 0. The van der Waals surface area contributed by atoms with Crippen molar-refractivity contribution in [3.8, 4) is 0 Å². The molecule has 0 heterocycles. The highest BCUT2D eigenvalue weighted by molar-refractivity contribution is 4.99. The summed E-state index contributed by atoms with van der Waals surface area (Å²) in [5.74, 6) is 0.935. The van der Waals surface area contributed by atoms with Crippen molar-refractivity contribution in [1.29, 1.82) is 0 Å². The lowest BCUT2D eigenvalue weighted by Gasteiger charge is -1.98. The van der Waals surface area contributed by atoms with Gasteiger partial charge in [0.15, 0.2) is 0 Å². The maximum atomic E-state index is 2.28. The van der Waals surface area contributed by atoms with E-state index in [-0.39, 0.29) is 0 Å². The minimum Gasteiger partial charge on any atom is -0.0683 e. The quantitative estimate of drug-likeness (QED) is 0.610. The molecule has 0 spiro atoms. The summed E-state index contributed by atoms with van der Waals surface area (Å²) >= 11 is 0. The molecule has 0 aliphatic rings. The third-order valence-corrected chi connectivity index (χ3v) is 2.06. The topological polar surface area (TPSA) is 0 Å². The van der Waals surface area contributed by atoms with Gasteiger partial charge in [-0.2, -0.15) is 0 Å². The molecule has 1 aromatic carbocycles. The van der Waals surface area contributed by atoms with Crippen molar-refractivity contribution in [2.45, 2.75) is 47.5 Å². The van der Waals surface area contributed by atoms with Crippen LogP contribution in [0.1, 0.15) is 47.5 Å². The second-order valence-corrected chi connectivity index (χ2v) is 3.08. The third kappa shape index (κ3) is 13.8. The number of benzene rings is 1. The van der Waals surface area contributed by atoms with E-state index in [9.17, 15) is 0 Å². The van der Waals surface area contributed by atoms with E-state index >= 15 is 0 Å². The molecular formula is C14H26. The van der Waals surface area contributed by atoms with Crippen LogP contribution in [-0.2, 0) is 0 Å². The molecule has 0 fully saturated rings. The van der Waals surface area contributed by atoms with Crippen LogP contribution in [0.4, 0.5) is 0 Å². The van der Waals surface area contributed by atoms with Gasteiger partial charge in [-0.25, -0.2) is 0 Å². The molecule has 0 unspecified atom stereocenters. The predicted molar refractivity (Wildman–Crippen MR) is 67.5 cm³/mol. The first kappa shape index (κ1) is 15.7. The fourth-order valence-electron chi connectivity index (χ4n) is 0.674. The van der Waals surface area contributed by atoms with Crippen LogP contribution in [0.5, 0.6) is 0 Å². The molecule has 0 N–H and O–H groups in total. The van der Waals surface area contributed by atoms with Gasteiger partial charge in [-0.3, -0.25) is 0 Å². The van der Waals surface area contributed by atoms with Gasteiger partial charge in [0.25, 0.3) is 0 Å². The van der Waals surface area contributed by atoms with Gasteiger partial charge in [0.2, 0.25) is 0 Å². The molecule has 0 saturated heterocycles. The standard InChI is InChI=1S/C6H6.C6H14.C2H6/c1-2-4-6-5-3-1;1-4-6(3)5-2;1-2/h1-6H;6H,4-5H2,1-3H3;1-2H3. The van der Waals surface area contributed by atoms with Crippen LogP contribution in [-0.4, -0.2) is 0 Å². The minimum atomic E-state index is 0.935. The van der Waals surface area contributed by atoms with Gasteiger partial charge in [0.1, 0.15) is 0 Å². The Hall–Kier alpha value is -0.780. The van der Waals surface area contributed by atoms with E-state index in [4.69, 9.17) is 0 Å². The van der Waals surface area contributed by atoms with Crippen molar-refractivity contribution in [2.24, 2.45) is 5.92 Å². The molecule has 0 nitrogen and oxygen atoms in total. The normalized spacial score (nSPS) is 8.14. The Morgan fingerprint density at radius 3 is 1.00 bits per heavy atom. The first-order valence-corrected chi connectivity index (χ1v) is 5.81. The highest BCUT2D eigenvalue weighted by Gasteiger charge is 1.88. The van der Waals surface area contributed by atoms with Gasteiger partial charge in [0, 0.05) is 0 Å². The molecule has 82 valence electrons. The highest BCUT2D eigenvalue weighted by atomic mass is 13.9. The molecule has 0 amide bonds. The Kier molecular flexibility index (Phi) is 16.5. The molecule has 14 heavy (non-hydrogen) atoms. The molecule has 1 aromatic rings. The van der Waals surface area contributed by atoms with Crippen molar-refractivity contribution >= 4 is 0 Å². The van der Waals surface area contributed by atoms with Gasteiger partial charge in [-0.1, -0.05) is 83.9 Å². The molecule has 0 bridgehead atoms. The lowest BCUT2D eigenvalue weighted by molar-refractivity contribution is 0.544. The molecule has 0 radical (unpaired) electrons. The second kappa shape index (κ2) is 14.7. The maximum absolute atomic E-state index is 2.28. The average Bonchev–Trinajstić information content (AvgIpc) is 2.33. The smallest absolute Gasteiger partial charge is 0.0448 e. The van der Waals surface area contributed by atoms with Crippen molar-refractivity contribution < 1.29 is 0 Å². The molecule has 0 atom stereocenters. The first-order chi connectivity index (χ1) is 6.81. The Morgan fingerprint density at radius 2 is 0.929 bits per heavy atom. The van der Waals surface area contributed by atoms with Crippen molar-refractivity contribution in [3.05, 3.63) is 36.4 Å². The SMILES string of the molecule is CC.CCC(C)CC.c1ccccc1. The van der Waals surface area contributed by atoms with Crippen LogP contribution in [0.25, 0.3) is 0 Å². The lowest BCUT2D eigenvalue weighted by atomic mass is 10.1. The molecule has 0 aliphatic carbocycles. The zero-order chi connectivity index (χ0) is 11.2. The molecule has 0 aromatic heterocycles. The molecular weight excluding hydrogens is 168 g/mol. The van der Waals surface area contributed by atoms with Gasteiger partial charge < -0.3 is 0 Å². The highest BCUT2D eigenvalue weighted by Crippen LogP contribution is 2.02. The maximum Gasteiger partial charge on any atom is -0.0448 e. The Morgan fingerprint density at radius 1 is 0.714 bits per heavy atom. The Bertz CT molecular complexity index is 124. The largest absolute Gasteiger partial charge is 0.0683 e. The molecule has 0 aliphatic heterocycles. The zero-order valence-corrected chi connectivity index (χ0v) is 10.5. The lowest BCUT2D eigenvalue weighted by Crippen LogP contribution is -1.85. The Labute approximate surface area is 90.4 Å². The van der Waals surface area contributed by atoms with E-state index in [1.807, 2.05) is 50.2 Å². The summed E-state index contributed by atoms with van der Waals surface area (Å²) in [6.07, 6.45) is 2.66. The zero-order valence-electron chi connectivity index (χ0n) is 10.5. The van der Waals surface area contributed by atoms with E-state index < -0.39 is 0 Å². The molecule has 0 saturated carbocycles. The van der Waals surface area contributed by atoms with Crippen LogP contribution in [0, 0.1) is 5.92 Å². The van der Waals surface area contributed by atoms with E-state index in [0.29, 0.717) is 0 Å². The average molecular weight is 194 g/mol. The number of hydrogen-bond donors (Lipinski definition) is 0. The molecule has 1 rings (SSSR count). The predicted octanol–water partition coefficient (Wildman–Crippen LogP) is 5.16. The monoisotopic (exact) mass is 194 g/mol. The van der Waals surface area contributed by atoms with Crippen molar-refractivity contribution in [2.75, 3.05) is 0 Å². The number of rotatable bonds is 2. The summed E-state index contributed by atoms with van der Waals surface area (Å²) in [6, 6.07) is 12.0. The minimum absolute atomic E-state index is 0.935.